The smallest absolute Gasteiger partial charge is 0.146 e. The summed E-state index contributed by atoms with van der Waals surface area (Å²) in [5.41, 5.74) is -0.107. The van der Waals surface area contributed by atoms with Crippen LogP contribution in [0.25, 0.3) is 0 Å². The van der Waals surface area contributed by atoms with Gasteiger partial charge in [-0.25, -0.2) is 4.98 Å². The van der Waals surface area contributed by atoms with E-state index in [4.69, 9.17) is 0 Å². The number of carbonyl (C=O) groups excluding carboxylic acids is 1. The summed E-state index contributed by atoms with van der Waals surface area (Å²) in [6.45, 7) is 7.07. The van der Waals surface area contributed by atoms with Gasteiger partial charge in [0, 0.05) is 24.4 Å². The lowest BCUT2D eigenvalue weighted by molar-refractivity contribution is -0.130. The van der Waals surface area contributed by atoms with Crippen LogP contribution in [0.15, 0.2) is 12.4 Å². The van der Waals surface area contributed by atoms with Gasteiger partial charge in [0.15, 0.2) is 0 Å². The van der Waals surface area contributed by atoms with Crippen LogP contribution in [0.2, 0.25) is 0 Å². The molecule has 2 rings (SSSR count). The molecule has 106 valence electrons. The molecule has 0 radical (unpaired) electrons. The van der Waals surface area contributed by atoms with Crippen molar-refractivity contribution in [3.63, 3.8) is 0 Å². The summed E-state index contributed by atoms with van der Waals surface area (Å²) in [6, 6.07) is 0. The van der Waals surface area contributed by atoms with Crippen LogP contribution >= 0.6 is 0 Å². The average molecular weight is 263 g/mol. The molecule has 1 aromatic rings. The van der Waals surface area contributed by atoms with E-state index in [-0.39, 0.29) is 5.41 Å². The Morgan fingerprint density at radius 3 is 2.79 bits per heavy atom. The van der Waals surface area contributed by atoms with Crippen molar-refractivity contribution < 1.29 is 4.79 Å². The van der Waals surface area contributed by atoms with E-state index in [1.54, 1.807) is 6.20 Å². The maximum Gasteiger partial charge on any atom is 0.146 e. The maximum absolute atomic E-state index is 12.8. The Morgan fingerprint density at radius 1 is 1.42 bits per heavy atom. The predicted octanol–water partition coefficient (Wildman–Crippen LogP) is 2.18. The largest absolute Gasteiger partial charge is 0.335 e. The number of rotatable bonds is 6. The Kier molecular flexibility index (Phi) is 4.75. The van der Waals surface area contributed by atoms with Gasteiger partial charge in [0.1, 0.15) is 11.6 Å². The van der Waals surface area contributed by atoms with E-state index < -0.39 is 0 Å². The number of nitrogens with zero attached hydrogens (tertiary/aromatic N) is 2. The third-order valence-electron chi connectivity index (χ3n) is 4.34. The van der Waals surface area contributed by atoms with E-state index >= 15 is 0 Å². The second-order valence-electron chi connectivity index (χ2n) is 5.51. The minimum Gasteiger partial charge on any atom is -0.335 e. The van der Waals surface area contributed by atoms with Crippen LogP contribution in [0.4, 0.5) is 0 Å². The highest BCUT2D eigenvalue weighted by atomic mass is 16.1. The monoisotopic (exact) mass is 263 g/mol. The molecule has 0 saturated carbocycles. The fraction of sp³-hybridized carbons (Fsp3) is 0.733. The fourth-order valence-corrected chi connectivity index (χ4v) is 3.18. The fourth-order valence-electron chi connectivity index (χ4n) is 3.18. The second kappa shape index (κ2) is 6.33. The van der Waals surface area contributed by atoms with Crippen molar-refractivity contribution in [3.8, 4) is 0 Å². The van der Waals surface area contributed by atoms with Gasteiger partial charge in [-0.1, -0.05) is 13.3 Å². The van der Waals surface area contributed by atoms with Gasteiger partial charge in [-0.15, -0.1) is 0 Å². The Labute approximate surface area is 115 Å². The van der Waals surface area contributed by atoms with E-state index in [0.29, 0.717) is 12.2 Å². The molecule has 1 fully saturated rings. The third kappa shape index (κ3) is 3.06. The Balaban J connectivity index is 2.11. The first kappa shape index (κ1) is 14.3. The van der Waals surface area contributed by atoms with E-state index in [2.05, 4.69) is 28.7 Å². The molecule has 0 aliphatic carbocycles. The van der Waals surface area contributed by atoms with E-state index in [0.717, 1.165) is 51.1 Å². The third-order valence-corrected chi connectivity index (χ3v) is 4.34. The quantitative estimate of drug-likeness (QED) is 0.855. The van der Waals surface area contributed by atoms with Gasteiger partial charge >= 0.3 is 0 Å². The Hall–Kier alpha value is -1.16. The Bertz CT molecular complexity index is 413. The summed E-state index contributed by atoms with van der Waals surface area (Å²) in [5.74, 6) is 1.30. The number of aryl methyl sites for hydroxylation is 1. The molecule has 4 heteroatoms. The summed E-state index contributed by atoms with van der Waals surface area (Å²) < 4.78 is 2.07. The average Bonchev–Trinajstić information content (AvgIpc) is 2.87. The second-order valence-corrected chi connectivity index (χ2v) is 5.51. The molecule has 1 N–H and O–H groups in total. The van der Waals surface area contributed by atoms with Gasteiger partial charge in [-0.05, 0) is 39.3 Å². The van der Waals surface area contributed by atoms with Gasteiger partial charge in [-0.2, -0.15) is 0 Å². The Morgan fingerprint density at radius 2 is 2.16 bits per heavy atom. The van der Waals surface area contributed by atoms with Crippen molar-refractivity contribution in [2.24, 2.45) is 5.41 Å². The molecule has 1 aliphatic rings. The number of Topliss-reactive ketones (excluding diaryl/α,β-unsaturated/α-hetero) is 1. The zero-order chi connectivity index (χ0) is 13.7. The highest BCUT2D eigenvalue weighted by Crippen LogP contribution is 2.36. The predicted molar refractivity (Wildman–Crippen MR) is 76.1 cm³/mol. The van der Waals surface area contributed by atoms with Crippen LogP contribution in [0.1, 0.15) is 45.4 Å². The number of piperidine rings is 1. The molecule has 2 heterocycles. The minimum absolute atomic E-state index is 0.107. The minimum atomic E-state index is -0.107. The van der Waals surface area contributed by atoms with Crippen molar-refractivity contribution in [3.05, 3.63) is 18.2 Å². The number of aromatic nitrogens is 2. The summed E-state index contributed by atoms with van der Waals surface area (Å²) >= 11 is 0. The summed E-state index contributed by atoms with van der Waals surface area (Å²) in [4.78, 5) is 17.1. The van der Waals surface area contributed by atoms with Gasteiger partial charge < -0.3 is 9.88 Å². The van der Waals surface area contributed by atoms with Gasteiger partial charge in [0.25, 0.3) is 0 Å². The zero-order valence-corrected chi connectivity index (χ0v) is 12.1. The van der Waals surface area contributed by atoms with Gasteiger partial charge in [-0.3, -0.25) is 4.79 Å². The first-order chi connectivity index (χ1) is 9.22. The normalized spacial score (nSPS) is 18.4. The van der Waals surface area contributed by atoms with Crippen LogP contribution in [0.5, 0.6) is 0 Å². The summed E-state index contributed by atoms with van der Waals surface area (Å²) in [5, 5.41) is 3.36. The maximum atomic E-state index is 12.8. The molecule has 0 aromatic carbocycles. The van der Waals surface area contributed by atoms with Crippen LogP contribution in [-0.2, 0) is 17.8 Å². The molecule has 1 aromatic heterocycles. The highest BCUT2D eigenvalue weighted by Gasteiger charge is 2.38. The van der Waals surface area contributed by atoms with E-state index in [1.807, 2.05) is 6.20 Å². The van der Waals surface area contributed by atoms with Crippen LogP contribution in [-0.4, -0.2) is 28.4 Å². The number of hydrogen-bond donors (Lipinski definition) is 1. The molecule has 19 heavy (non-hydrogen) atoms. The molecule has 1 saturated heterocycles. The van der Waals surface area contributed by atoms with Crippen molar-refractivity contribution in [1.82, 2.24) is 14.9 Å². The molecule has 0 unspecified atom stereocenters. The first-order valence-corrected chi connectivity index (χ1v) is 7.46. The first-order valence-electron chi connectivity index (χ1n) is 7.46. The van der Waals surface area contributed by atoms with Crippen molar-refractivity contribution >= 4 is 5.78 Å². The zero-order valence-electron chi connectivity index (χ0n) is 12.1. The summed E-state index contributed by atoms with van der Waals surface area (Å²) in [6.07, 6.45) is 8.28. The number of hydrogen-bond acceptors (Lipinski definition) is 3. The van der Waals surface area contributed by atoms with E-state index in [1.165, 1.54) is 0 Å². The summed E-state index contributed by atoms with van der Waals surface area (Å²) in [7, 11) is 0. The molecular formula is C15H25N3O. The van der Waals surface area contributed by atoms with Gasteiger partial charge in [0.2, 0.25) is 0 Å². The standard InChI is InChI=1S/C15H25N3O/c1-3-5-15(6-8-16-9-7-15)13(19)12-14-17-10-11-18(14)4-2/h10-11,16H,3-9,12H2,1-2H3. The number of nitrogens with one attached hydrogen (secondary N) is 1. The van der Waals surface area contributed by atoms with Crippen molar-refractivity contribution in [2.75, 3.05) is 13.1 Å². The van der Waals surface area contributed by atoms with Gasteiger partial charge in [0.05, 0.1) is 6.42 Å². The van der Waals surface area contributed by atoms with Crippen LogP contribution in [0, 0.1) is 5.41 Å². The molecule has 0 spiro atoms. The van der Waals surface area contributed by atoms with Crippen LogP contribution < -0.4 is 5.32 Å². The molecule has 0 bridgehead atoms. The lowest BCUT2D eigenvalue weighted by Crippen LogP contribution is -2.43. The highest BCUT2D eigenvalue weighted by molar-refractivity contribution is 5.86. The SMILES string of the molecule is CCCC1(C(=O)Cc2nccn2CC)CCNCC1. The number of ketones is 1. The molecule has 4 nitrogen and oxygen atoms in total. The van der Waals surface area contributed by atoms with Crippen molar-refractivity contribution in [2.45, 2.75) is 52.5 Å². The van der Waals surface area contributed by atoms with Crippen LogP contribution in [0.3, 0.4) is 0 Å². The molecule has 0 amide bonds. The lowest BCUT2D eigenvalue weighted by Gasteiger charge is -2.36. The lowest BCUT2D eigenvalue weighted by atomic mass is 9.71. The van der Waals surface area contributed by atoms with E-state index in [9.17, 15) is 4.79 Å². The molecular weight excluding hydrogens is 238 g/mol. The van der Waals surface area contributed by atoms with Crippen molar-refractivity contribution in [1.29, 1.82) is 0 Å². The topological polar surface area (TPSA) is 46.9 Å². The molecule has 1 aliphatic heterocycles. The number of imidazole rings is 1. The number of carbonyl (C=O) groups is 1. The molecule has 0 atom stereocenters.